The SMILES string of the molecule is O=C(NCC(=O)N(CCCl)CCCl)c1ccccc1. The molecule has 104 valence electrons. The molecule has 0 atom stereocenters. The smallest absolute Gasteiger partial charge is 0.251 e. The van der Waals surface area contributed by atoms with Crippen LogP contribution < -0.4 is 5.32 Å². The monoisotopic (exact) mass is 302 g/mol. The molecule has 1 aromatic carbocycles. The van der Waals surface area contributed by atoms with Gasteiger partial charge < -0.3 is 10.2 Å². The second-order valence-corrected chi connectivity index (χ2v) is 4.56. The number of benzene rings is 1. The summed E-state index contributed by atoms with van der Waals surface area (Å²) in [4.78, 5) is 25.1. The van der Waals surface area contributed by atoms with Gasteiger partial charge in [-0.3, -0.25) is 9.59 Å². The van der Waals surface area contributed by atoms with Crippen molar-refractivity contribution in [2.75, 3.05) is 31.4 Å². The minimum absolute atomic E-state index is 0.0541. The number of hydrogen-bond donors (Lipinski definition) is 1. The number of carbonyl (C=O) groups excluding carboxylic acids is 2. The van der Waals surface area contributed by atoms with Gasteiger partial charge >= 0.3 is 0 Å². The average Bonchev–Trinajstić information content (AvgIpc) is 2.45. The van der Waals surface area contributed by atoms with Crippen molar-refractivity contribution in [3.8, 4) is 0 Å². The Morgan fingerprint density at radius 3 is 2.16 bits per heavy atom. The normalized spacial score (nSPS) is 10.0. The lowest BCUT2D eigenvalue weighted by atomic mass is 10.2. The Labute approximate surface area is 122 Å². The first-order chi connectivity index (χ1) is 9.19. The Kier molecular flexibility index (Phi) is 7.30. The van der Waals surface area contributed by atoms with E-state index in [4.69, 9.17) is 23.2 Å². The van der Waals surface area contributed by atoms with Crippen molar-refractivity contribution in [2.24, 2.45) is 0 Å². The standard InChI is InChI=1S/C13H16Cl2N2O2/c14-6-8-17(9-7-15)12(18)10-16-13(19)11-4-2-1-3-5-11/h1-5H,6-10H2,(H,16,19). The van der Waals surface area contributed by atoms with Crippen molar-refractivity contribution in [3.05, 3.63) is 35.9 Å². The summed E-state index contributed by atoms with van der Waals surface area (Å²) in [5.74, 6) is 0.223. The Bertz CT molecular complexity index is 406. The minimum atomic E-state index is -0.273. The third kappa shape index (κ3) is 5.49. The summed E-state index contributed by atoms with van der Waals surface area (Å²) in [6.45, 7) is 0.796. The lowest BCUT2D eigenvalue weighted by Gasteiger charge is -2.20. The highest BCUT2D eigenvalue weighted by Crippen LogP contribution is 1.98. The Morgan fingerprint density at radius 1 is 1.05 bits per heavy atom. The molecule has 0 unspecified atom stereocenters. The van der Waals surface area contributed by atoms with E-state index in [9.17, 15) is 9.59 Å². The summed E-state index contributed by atoms with van der Waals surface area (Å²) >= 11 is 11.2. The molecular formula is C13H16Cl2N2O2. The minimum Gasteiger partial charge on any atom is -0.343 e. The van der Waals surface area contributed by atoms with Crippen LogP contribution in [0.5, 0.6) is 0 Å². The first-order valence-electron chi connectivity index (χ1n) is 5.92. The van der Waals surface area contributed by atoms with E-state index < -0.39 is 0 Å². The van der Waals surface area contributed by atoms with Crippen molar-refractivity contribution in [1.29, 1.82) is 0 Å². The number of nitrogens with one attached hydrogen (secondary N) is 1. The molecule has 0 aromatic heterocycles. The third-order valence-electron chi connectivity index (χ3n) is 2.50. The molecular weight excluding hydrogens is 287 g/mol. The van der Waals surface area contributed by atoms with E-state index in [1.165, 1.54) is 4.90 Å². The highest BCUT2D eigenvalue weighted by atomic mass is 35.5. The van der Waals surface area contributed by atoms with Crippen molar-refractivity contribution in [2.45, 2.75) is 0 Å². The number of rotatable bonds is 7. The van der Waals surface area contributed by atoms with Gasteiger partial charge in [0, 0.05) is 30.4 Å². The lowest BCUT2D eigenvalue weighted by Crippen LogP contribution is -2.42. The zero-order valence-electron chi connectivity index (χ0n) is 10.4. The summed E-state index contributed by atoms with van der Waals surface area (Å²) in [5.41, 5.74) is 0.525. The molecule has 0 spiro atoms. The topological polar surface area (TPSA) is 49.4 Å². The fourth-order valence-electron chi connectivity index (χ4n) is 1.52. The number of nitrogens with zero attached hydrogens (tertiary/aromatic N) is 1. The van der Waals surface area contributed by atoms with Crippen LogP contribution in [0.2, 0.25) is 0 Å². The number of hydrogen-bond acceptors (Lipinski definition) is 2. The molecule has 1 aromatic rings. The van der Waals surface area contributed by atoms with Crippen LogP contribution in [0.1, 0.15) is 10.4 Å². The first-order valence-corrected chi connectivity index (χ1v) is 6.99. The molecule has 6 heteroatoms. The summed E-state index contributed by atoms with van der Waals surface area (Å²) in [7, 11) is 0. The van der Waals surface area contributed by atoms with Gasteiger partial charge in [0.05, 0.1) is 6.54 Å². The van der Waals surface area contributed by atoms with Crippen LogP contribution in [0.15, 0.2) is 30.3 Å². The molecule has 1 rings (SSSR count). The molecule has 0 aliphatic rings. The molecule has 0 saturated carbocycles. The molecule has 0 heterocycles. The molecule has 19 heavy (non-hydrogen) atoms. The van der Waals surface area contributed by atoms with E-state index >= 15 is 0 Å². The van der Waals surface area contributed by atoms with Gasteiger partial charge in [0.1, 0.15) is 0 Å². The van der Waals surface area contributed by atoms with Crippen LogP contribution in [0.25, 0.3) is 0 Å². The zero-order chi connectivity index (χ0) is 14.1. The van der Waals surface area contributed by atoms with E-state index in [-0.39, 0.29) is 18.4 Å². The number of alkyl halides is 2. The van der Waals surface area contributed by atoms with E-state index in [1.54, 1.807) is 24.3 Å². The molecule has 0 radical (unpaired) electrons. The molecule has 0 aliphatic heterocycles. The van der Waals surface area contributed by atoms with Crippen molar-refractivity contribution < 1.29 is 9.59 Å². The van der Waals surface area contributed by atoms with Gasteiger partial charge in [-0.25, -0.2) is 0 Å². The summed E-state index contributed by atoms with van der Waals surface area (Å²) < 4.78 is 0. The van der Waals surface area contributed by atoms with Crippen LogP contribution in [0, 0.1) is 0 Å². The number of halogens is 2. The molecule has 4 nitrogen and oxygen atoms in total. The quantitative estimate of drug-likeness (QED) is 0.780. The second kappa shape index (κ2) is 8.77. The van der Waals surface area contributed by atoms with Crippen LogP contribution in [0.4, 0.5) is 0 Å². The number of carbonyl (C=O) groups is 2. The molecule has 0 bridgehead atoms. The largest absolute Gasteiger partial charge is 0.343 e. The van der Waals surface area contributed by atoms with E-state index in [1.807, 2.05) is 6.07 Å². The summed E-state index contributed by atoms with van der Waals surface area (Å²) in [6.07, 6.45) is 0. The van der Waals surface area contributed by atoms with Gasteiger partial charge in [-0.1, -0.05) is 18.2 Å². The maximum atomic E-state index is 11.9. The molecule has 0 aliphatic carbocycles. The van der Waals surface area contributed by atoms with E-state index in [0.29, 0.717) is 30.4 Å². The fourth-order valence-corrected chi connectivity index (χ4v) is 1.93. The van der Waals surface area contributed by atoms with Crippen molar-refractivity contribution in [3.63, 3.8) is 0 Å². The van der Waals surface area contributed by atoms with Crippen LogP contribution in [-0.4, -0.2) is 48.1 Å². The highest BCUT2D eigenvalue weighted by Gasteiger charge is 2.13. The molecule has 0 saturated heterocycles. The van der Waals surface area contributed by atoms with E-state index in [2.05, 4.69) is 5.32 Å². The Balaban J connectivity index is 2.46. The predicted molar refractivity (Wildman–Crippen MR) is 76.8 cm³/mol. The van der Waals surface area contributed by atoms with E-state index in [0.717, 1.165) is 0 Å². The lowest BCUT2D eigenvalue weighted by molar-refractivity contribution is -0.129. The summed E-state index contributed by atoms with van der Waals surface area (Å²) in [5, 5.41) is 2.58. The Morgan fingerprint density at radius 2 is 1.63 bits per heavy atom. The van der Waals surface area contributed by atoms with Gasteiger partial charge in [0.15, 0.2) is 0 Å². The van der Waals surface area contributed by atoms with Gasteiger partial charge in [-0.05, 0) is 12.1 Å². The summed E-state index contributed by atoms with van der Waals surface area (Å²) in [6, 6.07) is 8.74. The van der Waals surface area contributed by atoms with Gasteiger partial charge in [-0.15, -0.1) is 23.2 Å². The zero-order valence-corrected chi connectivity index (χ0v) is 12.0. The van der Waals surface area contributed by atoms with Crippen LogP contribution >= 0.6 is 23.2 Å². The molecule has 2 amide bonds. The van der Waals surface area contributed by atoms with Gasteiger partial charge in [0.25, 0.3) is 5.91 Å². The van der Waals surface area contributed by atoms with Crippen molar-refractivity contribution in [1.82, 2.24) is 10.2 Å². The molecule has 0 fully saturated rings. The predicted octanol–water partition coefficient (Wildman–Crippen LogP) is 1.72. The third-order valence-corrected chi connectivity index (χ3v) is 2.84. The average molecular weight is 303 g/mol. The van der Waals surface area contributed by atoms with Crippen LogP contribution in [0.3, 0.4) is 0 Å². The van der Waals surface area contributed by atoms with Gasteiger partial charge in [-0.2, -0.15) is 0 Å². The fraction of sp³-hybridized carbons (Fsp3) is 0.385. The molecule has 1 N–H and O–H groups in total. The maximum absolute atomic E-state index is 11.9. The second-order valence-electron chi connectivity index (χ2n) is 3.81. The van der Waals surface area contributed by atoms with Crippen LogP contribution in [-0.2, 0) is 4.79 Å². The first kappa shape index (κ1) is 15.8. The maximum Gasteiger partial charge on any atom is 0.251 e. The highest BCUT2D eigenvalue weighted by molar-refractivity contribution is 6.18. The Hall–Kier alpha value is -1.26. The van der Waals surface area contributed by atoms with Gasteiger partial charge in [0.2, 0.25) is 5.91 Å². The van der Waals surface area contributed by atoms with Crippen molar-refractivity contribution >= 4 is 35.0 Å². The number of amides is 2.